The number of pyridine rings is 1. The number of halogens is 1. The van der Waals surface area contributed by atoms with Crippen molar-refractivity contribution in [3.63, 3.8) is 0 Å². The molecule has 100 valence electrons. The first-order valence-electron chi connectivity index (χ1n) is 5.41. The summed E-state index contributed by atoms with van der Waals surface area (Å²) in [6.45, 7) is 1.85. The number of benzene rings is 1. The molecule has 0 saturated carbocycles. The van der Waals surface area contributed by atoms with Crippen molar-refractivity contribution in [1.29, 1.82) is 0 Å². The van der Waals surface area contributed by atoms with E-state index < -0.39 is 11.3 Å². The number of nitrogens with zero attached hydrogens (tertiary/aromatic N) is 1. The van der Waals surface area contributed by atoms with Crippen molar-refractivity contribution in [2.45, 2.75) is 6.92 Å². The molecule has 0 aliphatic rings. The average molecular weight is 298 g/mol. The molecule has 19 heavy (non-hydrogen) atoms. The van der Waals surface area contributed by atoms with E-state index in [0.717, 1.165) is 11.3 Å². The predicted octanol–water partition coefficient (Wildman–Crippen LogP) is 3.34. The van der Waals surface area contributed by atoms with Crippen LogP contribution in [0.3, 0.4) is 0 Å². The highest BCUT2D eigenvalue weighted by Crippen LogP contribution is 2.29. The standard InChI is InChI=1S/C12H12ClN3O2S/c1-8-6-14-7-11(16-19(17)18)12(8)15-10-4-2-3-9(13)5-10/h2-7,16H,1H3,(H,14,15)(H,17,18). The summed E-state index contributed by atoms with van der Waals surface area (Å²) < 4.78 is 22.2. The molecule has 0 amide bonds. The highest BCUT2D eigenvalue weighted by molar-refractivity contribution is 7.80. The lowest BCUT2D eigenvalue weighted by atomic mass is 10.2. The Hall–Kier alpha value is -1.63. The van der Waals surface area contributed by atoms with E-state index in [1.807, 2.05) is 19.1 Å². The van der Waals surface area contributed by atoms with Gasteiger partial charge in [-0.05, 0) is 30.7 Å². The van der Waals surface area contributed by atoms with Crippen molar-refractivity contribution >= 4 is 39.9 Å². The predicted molar refractivity (Wildman–Crippen MR) is 78.1 cm³/mol. The zero-order valence-corrected chi connectivity index (χ0v) is 11.6. The van der Waals surface area contributed by atoms with Crippen molar-refractivity contribution in [3.8, 4) is 0 Å². The van der Waals surface area contributed by atoms with Crippen LogP contribution in [0.5, 0.6) is 0 Å². The maximum absolute atomic E-state index is 10.9. The second-order valence-corrected chi connectivity index (χ2v) is 5.00. The Morgan fingerprint density at radius 2 is 2.16 bits per heavy atom. The van der Waals surface area contributed by atoms with Gasteiger partial charge in [0.25, 0.3) is 11.3 Å². The smallest absolute Gasteiger partial charge is 0.259 e. The molecule has 1 aromatic heterocycles. The molecule has 0 spiro atoms. The summed E-state index contributed by atoms with van der Waals surface area (Å²) in [5, 5.41) is 3.76. The van der Waals surface area contributed by atoms with Crippen molar-refractivity contribution in [2.24, 2.45) is 0 Å². The summed E-state index contributed by atoms with van der Waals surface area (Å²) in [6, 6.07) is 7.21. The molecule has 7 heteroatoms. The van der Waals surface area contributed by atoms with Crippen LogP contribution in [0.4, 0.5) is 17.1 Å². The number of hydrogen-bond acceptors (Lipinski definition) is 3. The summed E-state index contributed by atoms with van der Waals surface area (Å²) >= 11 is 3.76. The molecular weight excluding hydrogens is 286 g/mol. The maximum Gasteiger partial charge on any atom is 0.259 e. The van der Waals surface area contributed by atoms with E-state index in [1.54, 1.807) is 18.3 Å². The van der Waals surface area contributed by atoms with E-state index in [1.165, 1.54) is 6.20 Å². The van der Waals surface area contributed by atoms with Gasteiger partial charge in [-0.25, -0.2) is 4.21 Å². The fraction of sp³-hybridized carbons (Fsp3) is 0.0833. The number of aromatic nitrogens is 1. The summed E-state index contributed by atoms with van der Waals surface area (Å²) in [5.41, 5.74) is 2.75. The maximum atomic E-state index is 10.9. The molecule has 3 N–H and O–H groups in total. The molecule has 0 aliphatic heterocycles. The Labute approximate surface area is 118 Å². The zero-order valence-electron chi connectivity index (χ0n) is 10.1. The third-order valence-electron chi connectivity index (χ3n) is 2.43. The molecule has 0 bridgehead atoms. The third kappa shape index (κ3) is 3.66. The minimum Gasteiger partial charge on any atom is -0.353 e. The first-order chi connectivity index (χ1) is 9.06. The van der Waals surface area contributed by atoms with Gasteiger partial charge in [-0.15, -0.1) is 0 Å². The van der Waals surface area contributed by atoms with Gasteiger partial charge in [0, 0.05) is 16.9 Å². The van der Waals surface area contributed by atoms with E-state index in [9.17, 15) is 4.21 Å². The molecular formula is C12H12ClN3O2S. The van der Waals surface area contributed by atoms with E-state index in [2.05, 4.69) is 15.0 Å². The zero-order chi connectivity index (χ0) is 13.8. The molecule has 2 aromatic rings. The van der Waals surface area contributed by atoms with Gasteiger partial charge in [0.1, 0.15) is 0 Å². The van der Waals surface area contributed by atoms with Crippen LogP contribution in [0.2, 0.25) is 5.02 Å². The van der Waals surface area contributed by atoms with E-state index >= 15 is 0 Å². The molecule has 1 heterocycles. The number of rotatable bonds is 4. The summed E-state index contributed by atoms with van der Waals surface area (Å²) in [7, 11) is 0. The molecule has 0 radical (unpaired) electrons. The van der Waals surface area contributed by atoms with E-state index in [0.29, 0.717) is 16.4 Å². The Morgan fingerprint density at radius 1 is 1.37 bits per heavy atom. The summed E-state index contributed by atoms with van der Waals surface area (Å²) in [4.78, 5) is 3.98. The Morgan fingerprint density at radius 3 is 2.84 bits per heavy atom. The quantitative estimate of drug-likeness (QED) is 0.757. The molecule has 0 aliphatic carbocycles. The Balaban J connectivity index is 2.35. The molecule has 5 nitrogen and oxygen atoms in total. The van der Waals surface area contributed by atoms with E-state index in [-0.39, 0.29) is 0 Å². The van der Waals surface area contributed by atoms with Crippen molar-refractivity contribution < 1.29 is 8.76 Å². The van der Waals surface area contributed by atoms with Crippen LogP contribution >= 0.6 is 11.6 Å². The fourth-order valence-corrected chi connectivity index (χ4v) is 2.15. The topological polar surface area (TPSA) is 74.2 Å². The van der Waals surface area contributed by atoms with Crippen LogP contribution in [-0.2, 0) is 11.3 Å². The first kappa shape index (κ1) is 13.8. The Kier molecular flexibility index (Phi) is 4.36. The highest BCUT2D eigenvalue weighted by atomic mass is 35.5. The van der Waals surface area contributed by atoms with Crippen molar-refractivity contribution in [2.75, 3.05) is 10.0 Å². The van der Waals surface area contributed by atoms with Crippen LogP contribution in [-0.4, -0.2) is 13.7 Å². The van der Waals surface area contributed by atoms with Crippen molar-refractivity contribution in [3.05, 3.63) is 47.2 Å². The number of anilines is 3. The van der Waals surface area contributed by atoms with Gasteiger partial charge in [0.05, 0.1) is 17.6 Å². The molecule has 1 unspecified atom stereocenters. The molecule has 0 saturated heterocycles. The highest BCUT2D eigenvalue weighted by Gasteiger charge is 2.08. The van der Waals surface area contributed by atoms with Gasteiger partial charge < -0.3 is 5.32 Å². The van der Waals surface area contributed by atoms with Crippen molar-refractivity contribution in [1.82, 2.24) is 4.98 Å². The van der Waals surface area contributed by atoms with Gasteiger partial charge in [0.2, 0.25) is 0 Å². The van der Waals surface area contributed by atoms with Crippen LogP contribution in [0.1, 0.15) is 5.56 Å². The van der Waals surface area contributed by atoms with E-state index in [4.69, 9.17) is 16.2 Å². The van der Waals surface area contributed by atoms with Crippen LogP contribution in [0.15, 0.2) is 36.7 Å². The minimum absolute atomic E-state index is 0.445. The summed E-state index contributed by atoms with van der Waals surface area (Å²) in [5.74, 6) is 0. The average Bonchev–Trinajstić information content (AvgIpc) is 2.33. The van der Waals surface area contributed by atoms with Crippen LogP contribution in [0, 0.1) is 6.92 Å². The lowest BCUT2D eigenvalue weighted by Crippen LogP contribution is -2.06. The van der Waals surface area contributed by atoms with Crippen LogP contribution < -0.4 is 10.0 Å². The summed E-state index contributed by atoms with van der Waals surface area (Å²) in [6.07, 6.45) is 3.15. The van der Waals surface area contributed by atoms with Gasteiger partial charge in [0.15, 0.2) is 0 Å². The normalized spacial score (nSPS) is 11.9. The first-order valence-corrected chi connectivity index (χ1v) is 6.89. The third-order valence-corrected chi connectivity index (χ3v) is 3.06. The van der Waals surface area contributed by atoms with Gasteiger partial charge in [-0.3, -0.25) is 14.3 Å². The molecule has 1 atom stereocenters. The molecule has 0 fully saturated rings. The largest absolute Gasteiger partial charge is 0.353 e. The SMILES string of the molecule is Cc1cncc(NS(=O)O)c1Nc1cccc(Cl)c1. The Bertz CT molecular complexity index is 622. The lowest BCUT2D eigenvalue weighted by molar-refractivity contribution is 0.570. The molecule has 1 aromatic carbocycles. The number of aryl methyl sites for hydroxylation is 1. The van der Waals surface area contributed by atoms with Gasteiger partial charge in [-0.2, -0.15) is 0 Å². The number of nitrogens with one attached hydrogen (secondary N) is 2. The molecule has 2 rings (SSSR count). The van der Waals surface area contributed by atoms with Gasteiger partial charge >= 0.3 is 0 Å². The van der Waals surface area contributed by atoms with Crippen LogP contribution in [0.25, 0.3) is 0 Å². The monoisotopic (exact) mass is 297 g/mol. The number of hydrogen-bond donors (Lipinski definition) is 3. The lowest BCUT2D eigenvalue weighted by Gasteiger charge is -2.14. The minimum atomic E-state index is -2.15. The fourth-order valence-electron chi connectivity index (χ4n) is 1.61. The second kappa shape index (κ2) is 6.01. The van der Waals surface area contributed by atoms with Gasteiger partial charge in [-0.1, -0.05) is 17.7 Å². The second-order valence-electron chi connectivity index (χ2n) is 3.87.